The van der Waals surface area contributed by atoms with Crippen molar-refractivity contribution < 1.29 is 28.3 Å². The van der Waals surface area contributed by atoms with Gasteiger partial charge in [0.1, 0.15) is 0 Å². The molecule has 0 aliphatic carbocycles. The average molecular weight is 270 g/mol. The fraction of sp³-hybridized carbons (Fsp3) is 0.182. The van der Waals surface area contributed by atoms with Crippen molar-refractivity contribution in [2.24, 2.45) is 5.16 Å². The number of anilines is 1. The molecule has 1 aliphatic rings. The number of nitrogens with zero attached hydrogens (tertiary/aromatic N) is 1. The Morgan fingerprint density at radius 1 is 1.42 bits per heavy atom. The molecule has 0 aromatic heterocycles. The van der Waals surface area contributed by atoms with E-state index < -0.39 is 29.6 Å². The lowest BCUT2D eigenvalue weighted by Gasteiger charge is -2.10. The standard InChI is InChI=1S/C11H8F2N2O4/c12-5-2-1-3-6(9(5)13)14-10(16)8-4-7(11(17)18)15-19-8/h1-3,8H,4H2,(H,14,16)(H,17,18). The molecule has 100 valence electrons. The molecule has 0 saturated heterocycles. The number of oxime groups is 1. The van der Waals surface area contributed by atoms with Crippen molar-refractivity contribution in [1.29, 1.82) is 0 Å². The second kappa shape index (κ2) is 5.01. The molecule has 2 N–H and O–H groups in total. The van der Waals surface area contributed by atoms with Crippen molar-refractivity contribution in [2.45, 2.75) is 12.5 Å². The van der Waals surface area contributed by atoms with E-state index in [0.717, 1.165) is 6.07 Å². The summed E-state index contributed by atoms with van der Waals surface area (Å²) < 4.78 is 26.2. The normalized spacial score (nSPS) is 17.6. The Morgan fingerprint density at radius 3 is 2.79 bits per heavy atom. The topological polar surface area (TPSA) is 88.0 Å². The molecule has 1 aromatic rings. The third-order valence-electron chi connectivity index (χ3n) is 2.42. The molecule has 0 bridgehead atoms. The number of rotatable bonds is 3. The van der Waals surface area contributed by atoms with Crippen LogP contribution in [0.4, 0.5) is 14.5 Å². The predicted molar refractivity (Wildman–Crippen MR) is 59.5 cm³/mol. The summed E-state index contributed by atoms with van der Waals surface area (Å²) in [5.74, 6) is -4.41. The second-order valence-corrected chi connectivity index (χ2v) is 3.73. The molecule has 0 radical (unpaired) electrons. The third-order valence-corrected chi connectivity index (χ3v) is 2.42. The van der Waals surface area contributed by atoms with E-state index in [1.807, 2.05) is 0 Å². The number of aliphatic carboxylic acids is 1. The van der Waals surface area contributed by atoms with Crippen LogP contribution in [0.1, 0.15) is 6.42 Å². The molecular formula is C11H8F2N2O4. The number of carbonyl (C=O) groups excluding carboxylic acids is 1. The van der Waals surface area contributed by atoms with Gasteiger partial charge in [0.05, 0.1) is 5.69 Å². The van der Waals surface area contributed by atoms with E-state index >= 15 is 0 Å². The number of carbonyl (C=O) groups is 2. The van der Waals surface area contributed by atoms with Gasteiger partial charge in [-0.1, -0.05) is 11.2 Å². The average Bonchev–Trinajstić information content (AvgIpc) is 2.84. The second-order valence-electron chi connectivity index (χ2n) is 3.73. The van der Waals surface area contributed by atoms with Crippen LogP contribution in [0, 0.1) is 11.6 Å². The highest BCUT2D eigenvalue weighted by atomic mass is 19.2. The highest BCUT2D eigenvalue weighted by molar-refractivity contribution is 6.36. The number of carboxylic acids is 1. The molecule has 0 saturated carbocycles. The monoisotopic (exact) mass is 270 g/mol. The van der Waals surface area contributed by atoms with Crippen LogP contribution in [0.25, 0.3) is 0 Å². The lowest BCUT2D eigenvalue weighted by molar-refractivity contribution is -0.129. The van der Waals surface area contributed by atoms with Crippen molar-refractivity contribution in [3.8, 4) is 0 Å². The maximum Gasteiger partial charge on any atom is 0.353 e. The molecule has 1 aromatic carbocycles. The minimum atomic E-state index is -1.30. The van der Waals surface area contributed by atoms with Crippen molar-refractivity contribution >= 4 is 23.3 Å². The first-order valence-corrected chi connectivity index (χ1v) is 5.20. The maximum absolute atomic E-state index is 13.3. The Balaban J connectivity index is 2.03. The third kappa shape index (κ3) is 2.67. The van der Waals surface area contributed by atoms with Gasteiger partial charge in [0.2, 0.25) is 6.10 Å². The van der Waals surface area contributed by atoms with E-state index in [2.05, 4.69) is 15.3 Å². The van der Waals surface area contributed by atoms with Gasteiger partial charge >= 0.3 is 5.97 Å². The Bertz CT molecular complexity index is 574. The van der Waals surface area contributed by atoms with E-state index in [1.165, 1.54) is 12.1 Å². The molecule has 1 unspecified atom stereocenters. The van der Waals surface area contributed by atoms with Gasteiger partial charge in [-0.25, -0.2) is 13.6 Å². The van der Waals surface area contributed by atoms with Crippen molar-refractivity contribution in [2.75, 3.05) is 5.32 Å². The fourth-order valence-corrected chi connectivity index (χ4v) is 1.46. The summed E-state index contributed by atoms with van der Waals surface area (Å²) in [6, 6.07) is 3.30. The van der Waals surface area contributed by atoms with Crippen LogP contribution in [0.2, 0.25) is 0 Å². The Kier molecular flexibility index (Phi) is 3.41. The number of nitrogens with one attached hydrogen (secondary N) is 1. The number of hydrogen-bond donors (Lipinski definition) is 2. The van der Waals surface area contributed by atoms with E-state index in [4.69, 9.17) is 5.11 Å². The zero-order chi connectivity index (χ0) is 14.0. The molecule has 1 atom stereocenters. The van der Waals surface area contributed by atoms with E-state index in [0.29, 0.717) is 0 Å². The molecule has 0 spiro atoms. The molecule has 19 heavy (non-hydrogen) atoms. The zero-order valence-electron chi connectivity index (χ0n) is 9.39. The molecular weight excluding hydrogens is 262 g/mol. The Labute approximate surface area is 105 Å². The van der Waals surface area contributed by atoms with E-state index in [9.17, 15) is 18.4 Å². The Hall–Kier alpha value is -2.51. The van der Waals surface area contributed by atoms with Gasteiger partial charge in [0.25, 0.3) is 5.91 Å². The van der Waals surface area contributed by atoms with Crippen LogP contribution in [0.3, 0.4) is 0 Å². The highest BCUT2D eigenvalue weighted by Gasteiger charge is 2.32. The number of amides is 1. The molecule has 0 fully saturated rings. The van der Waals surface area contributed by atoms with Crippen LogP contribution in [-0.2, 0) is 14.4 Å². The summed E-state index contributed by atoms with van der Waals surface area (Å²) in [6.07, 6.45) is -1.41. The summed E-state index contributed by atoms with van der Waals surface area (Å²) in [5, 5.41) is 13.9. The zero-order valence-corrected chi connectivity index (χ0v) is 9.39. The minimum Gasteiger partial charge on any atom is -0.477 e. The lowest BCUT2D eigenvalue weighted by Crippen LogP contribution is -2.29. The number of carboxylic acid groups (broad SMARTS) is 1. The first-order chi connectivity index (χ1) is 8.99. The van der Waals surface area contributed by atoms with E-state index in [-0.39, 0.29) is 17.8 Å². The predicted octanol–water partition coefficient (Wildman–Crippen LogP) is 1.13. The summed E-state index contributed by atoms with van der Waals surface area (Å²) >= 11 is 0. The van der Waals surface area contributed by atoms with Gasteiger partial charge < -0.3 is 15.3 Å². The number of benzene rings is 1. The number of hydrogen-bond acceptors (Lipinski definition) is 4. The van der Waals surface area contributed by atoms with Crippen molar-refractivity contribution in [3.05, 3.63) is 29.8 Å². The van der Waals surface area contributed by atoms with Crippen molar-refractivity contribution in [3.63, 3.8) is 0 Å². The van der Waals surface area contributed by atoms with Gasteiger partial charge in [-0.3, -0.25) is 4.79 Å². The molecule has 1 aliphatic heterocycles. The summed E-state index contributed by atoms with van der Waals surface area (Å²) in [7, 11) is 0. The first-order valence-electron chi connectivity index (χ1n) is 5.20. The maximum atomic E-state index is 13.3. The largest absolute Gasteiger partial charge is 0.477 e. The van der Waals surface area contributed by atoms with Crippen LogP contribution >= 0.6 is 0 Å². The minimum absolute atomic E-state index is 0.238. The first kappa shape index (κ1) is 12.9. The van der Waals surface area contributed by atoms with Crippen LogP contribution < -0.4 is 5.32 Å². The molecule has 2 rings (SSSR count). The summed E-state index contributed by atoms with van der Waals surface area (Å²) in [4.78, 5) is 26.8. The molecule has 6 nitrogen and oxygen atoms in total. The smallest absolute Gasteiger partial charge is 0.353 e. The van der Waals surface area contributed by atoms with Gasteiger partial charge in [-0.15, -0.1) is 0 Å². The van der Waals surface area contributed by atoms with Crippen LogP contribution in [0.15, 0.2) is 23.4 Å². The van der Waals surface area contributed by atoms with Gasteiger partial charge in [0, 0.05) is 6.42 Å². The Morgan fingerprint density at radius 2 is 2.16 bits per heavy atom. The van der Waals surface area contributed by atoms with Crippen LogP contribution in [-0.4, -0.2) is 28.8 Å². The molecule has 1 amide bonds. The molecule has 8 heteroatoms. The van der Waals surface area contributed by atoms with Crippen LogP contribution in [0.5, 0.6) is 0 Å². The summed E-state index contributed by atoms with van der Waals surface area (Å²) in [5.41, 5.74) is -0.655. The van der Waals surface area contributed by atoms with Crippen molar-refractivity contribution in [1.82, 2.24) is 0 Å². The quantitative estimate of drug-likeness (QED) is 0.861. The SMILES string of the molecule is O=C(O)C1=NOC(C(=O)Nc2cccc(F)c2F)C1. The van der Waals surface area contributed by atoms with Gasteiger partial charge in [0.15, 0.2) is 17.3 Å². The number of halogens is 2. The fourth-order valence-electron chi connectivity index (χ4n) is 1.46. The summed E-state index contributed by atoms with van der Waals surface area (Å²) in [6.45, 7) is 0. The highest BCUT2D eigenvalue weighted by Crippen LogP contribution is 2.19. The lowest BCUT2D eigenvalue weighted by atomic mass is 10.1. The molecule has 1 heterocycles. The van der Waals surface area contributed by atoms with Gasteiger partial charge in [-0.2, -0.15) is 0 Å². The van der Waals surface area contributed by atoms with E-state index in [1.54, 1.807) is 0 Å². The van der Waals surface area contributed by atoms with Gasteiger partial charge in [-0.05, 0) is 12.1 Å².